The maximum atomic E-state index is 8.06. The fourth-order valence-electron chi connectivity index (χ4n) is 0.865. The second kappa shape index (κ2) is 8.73. The van der Waals surface area contributed by atoms with Gasteiger partial charge in [0.2, 0.25) is 0 Å². The van der Waals surface area contributed by atoms with Crippen LogP contribution in [0.3, 0.4) is 0 Å². The molecule has 0 amide bonds. The zero-order chi connectivity index (χ0) is 10.8. The minimum absolute atomic E-state index is 0.167. The standard InChI is InChI=1S/C9H13N.C3H8O/c1-2-10-8-9-6-4-3-5-7-9;1-3(2)4/h3-7,10H,2,8H2,1H3;3-4H,1-2H3. The molecule has 0 saturated carbocycles. The van der Waals surface area contributed by atoms with Gasteiger partial charge in [-0.05, 0) is 26.0 Å². The number of aliphatic hydroxyl groups excluding tert-OH is 1. The lowest BCUT2D eigenvalue weighted by atomic mass is 10.2. The Morgan fingerprint density at radius 2 is 1.71 bits per heavy atom. The maximum absolute atomic E-state index is 8.06. The van der Waals surface area contributed by atoms with E-state index in [4.69, 9.17) is 5.11 Å². The van der Waals surface area contributed by atoms with Gasteiger partial charge in [0, 0.05) is 12.6 Å². The van der Waals surface area contributed by atoms with Gasteiger partial charge in [-0.15, -0.1) is 0 Å². The van der Waals surface area contributed by atoms with Gasteiger partial charge in [-0.25, -0.2) is 0 Å². The van der Waals surface area contributed by atoms with Crippen LogP contribution in [0.15, 0.2) is 30.3 Å². The zero-order valence-electron chi connectivity index (χ0n) is 9.33. The van der Waals surface area contributed by atoms with E-state index in [0.29, 0.717) is 0 Å². The number of hydrogen-bond donors (Lipinski definition) is 2. The first kappa shape index (κ1) is 13.1. The summed E-state index contributed by atoms with van der Waals surface area (Å²) in [7, 11) is 0. The second-order valence-corrected chi connectivity index (χ2v) is 3.36. The summed E-state index contributed by atoms with van der Waals surface area (Å²) in [6.45, 7) is 7.58. The molecule has 0 radical (unpaired) electrons. The van der Waals surface area contributed by atoms with Crippen LogP contribution in [-0.4, -0.2) is 17.8 Å². The highest BCUT2D eigenvalue weighted by molar-refractivity contribution is 5.14. The van der Waals surface area contributed by atoms with Crippen LogP contribution < -0.4 is 5.32 Å². The lowest BCUT2D eigenvalue weighted by Gasteiger charge is -1.99. The topological polar surface area (TPSA) is 32.3 Å². The zero-order valence-corrected chi connectivity index (χ0v) is 9.33. The molecule has 0 heterocycles. The molecule has 1 aromatic rings. The molecule has 0 bridgehead atoms. The average molecular weight is 195 g/mol. The van der Waals surface area contributed by atoms with Crippen LogP contribution in [0, 0.1) is 0 Å². The molecule has 1 rings (SSSR count). The molecule has 0 saturated heterocycles. The van der Waals surface area contributed by atoms with Crippen LogP contribution in [0.5, 0.6) is 0 Å². The molecule has 0 aliphatic carbocycles. The van der Waals surface area contributed by atoms with Crippen molar-refractivity contribution in [1.82, 2.24) is 5.32 Å². The first-order valence-electron chi connectivity index (χ1n) is 5.09. The number of hydrogen-bond acceptors (Lipinski definition) is 2. The Kier molecular flexibility index (Phi) is 8.19. The van der Waals surface area contributed by atoms with Crippen molar-refractivity contribution in [3.05, 3.63) is 35.9 Å². The monoisotopic (exact) mass is 195 g/mol. The SMILES string of the molecule is CC(C)O.CCNCc1ccccc1. The predicted octanol–water partition coefficient (Wildman–Crippen LogP) is 2.18. The van der Waals surface area contributed by atoms with Crippen LogP contribution in [-0.2, 0) is 6.54 Å². The highest BCUT2D eigenvalue weighted by atomic mass is 16.3. The molecule has 0 aromatic heterocycles. The molecule has 0 unspecified atom stereocenters. The van der Waals surface area contributed by atoms with Gasteiger partial charge in [0.05, 0.1) is 0 Å². The van der Waals surface area contributed by atoms with E-state index in [1.165, 1.54) is 5.56 Å². The third-order valence-corrected chi connectivity index (χ3v) is 1.42. The summed E-state index contributed by atoms with van der Waals surface area (Å²) >= 11 is 0. The molecule has 0 aliphatic rings. The van der Waals surface area contributed by atoms with Gasteiger partial charge in [0.15, 0.2) is 0 Å². The number of aliphatic hydroxyl groups is 1. The van der Waals surface area contributed by atoms with E-state index in [1.54, 1.807) is 13.8 Å². The Hall–Kier alpha value is -0.860. The van der Waals surface area contributed by atoms with E-state index in [2.05, 4.69) is 36.5 Å². The minimum atomic E-state index is -0.167. The Labute approximate surface area is 87.0 Å². The lowest BCUT2D eigenvalue weighted by molar-refractivity contribution is 0.216. The molecule has 0 fully saturated rings. The van der Waals surface area contributed by atoms with Gasteiger partial charge < -0.3 is 10.4 Å². The van der Waals surface area contributed by atoms with Crippen molar-refractivity contribution < 1.29 is 5.11 Å². The van der Waals surface area contributed by atoms with Gasteiger partial charge >= 0.3 is 0 Å². The van der Waals surface area contributed by atoms with E-state index < -0.39 is 0 Å². The van der Waals surface area contributed by atoms with Crippen molar-refractivity contribution in [2.45, 2.75) is 33.4 Å². The number of benzene rings is 1. The first-order valence-corrected chi connectivity index (χ1v) is 5.09. The maximum Gasteiger partial charge on any atom is 0.0483 e. The Bertz CT molecular complexity index is 206. The highest BCUT2D eigenvalue weighted by Crippen LogP contribution is 1.96. The van der Waals surface area contributed by atoms with Crippen LogP contribution >= 0.6 is 0 Å². The summed E-state index contributed by atoms with van der Waals surface area (Å²) in [5.74, 6) is 0. The van der Waals surface area contributed by atoms with Gasteiger partial charge in [-0.1, -0.05) is 37.3 Å². The first-order chi connectivity index (χ1) is 6.66. The molecule has 80 valence electrons. The van der Waals surface area contributed by atoms with Gasteiger partial charge in [-0.2, -0.15) is 0 Å². The molecule has 2 heteroatoms. The highest BCUT2D eigenvalue weighted by Gasteiger charge is 1.85. The third-order valence-electron chi connectivity index (χ3n) is 1.42. The Morgan fingerprint density at radius 3 is 2.14 bits per heavy atom. The van der Waals surface area contributed by atoms with Gasteiger partial charge in [-0.3, -0.25) is 0 Å². The van der Waals surface area contributed by atoms with Gasteiger partial charge in [0.25, 0.3) is 0 Å². The van der Waals surface area contributed by atoms with Crippen LogP contribution in [0.4, 0.5) is 0 Å². The molecule has 2 N–H and O–H groups in total. The van der Waals surface area contributed by atoms with E-state index in [9.17, 15) is 0 Å². The predicted molar refractivity (Wildman–Crippen MR) is 61.2 cm³/mol. The Morgan fingerprint density at radius 1 is 1.21 bits per heavy atom. The quantitative estimate of drug-likeness (QED) is 0.775. The largest absolute Gasteiger partial charge is 0.394 e. The summed E-state index contributed by atoms with van der Waals surface area (Å²) in [6.07, 6.45) is -0.167. The van der Waals surface area contributed by atoms with Crippen molar-refractivity contribution in [3.63, 3.8) is 0 Å². The van der Waals surface area contributed by atoms with Crippen molar-refractivity contribution in [3.8, 4) is 0 Å². The van der Waals surface area contributed by atoms with E-state index in [-0.39, 0.29) is 6.10 Å². The van der Waals surface area contributed by atoms with Crippen molar-refractivity contribution in [1.29, 1.82) is 0 Å². The summed E-state index contributed by atoms with van der Waals surface area (Å²) in [4.78, 5) is 0. The van der Waals surface area contributed by atoms with E-state index in [0.717, 1.165) is 13.1 Å². The normalized spacial score (nSPS) is 9.50. The average Bonchev–Trinajstić information content (AvgIpc) is 2.15. The number of nitrogens with one attached hydrogen (secondary N) is 1. The molecule has 0 atom stereocenters. The Balaban J connectivity index is 0.000000364. The molecular formula is C12H21NO. The lowest BCUT2D eigenvalue weighted by Crippen LogP contribution is -2.11. The second-order valence-electron chi connectivity index (χ2n) is 3.36. The van der Waals surface area contributed by atoms with Gasteiger partial charge in [0.1, 0.15) is 0 Å². The molecular weight excluding hydrogens is 174 g/mol. The van der Waals surface area contributed by atoms with Crippen molar-refractivity contribution >= 4 is 0 Å². The third kappa shape index (κ3) is 9.23. The molecule has 0 aliphatic heterocycles. The summed E-state index contributed by atoms with van der Waals surface area (Å²) < 4.78 is 0. The molecule has 0 spiro atoms. The smallest absolute Gasteiger partial charge is 0.0483 e. The minimum Gasteiger partial charge on any atom is -0.394 e. The van der Waals surface area contributed by atoms with Crippen LogP contribution in [0.25, 0.3) is 0 Å². The summed E-state index contributed by atoms with van der Waals surface area (Å²) in [5, 5.41) is 11.3. The van der Waals surface area contributed by atoms with Crippen LogP contribution in [0.2, 0.25) is 0 Å². The summed E-state index contributed by atoms with van der Waals surface area (Å²) in [6, 6.07) is 10.4. The van der Waals surface area contributed by atoms with E-state index in [1.807, 2.05) is 6.07 Å². The number of rotatable bonds is 3. The summed E-state index contributed by atoms with van der Waals surface area (Å²) in [5.41, 5.74) is 1.35. The van der Waals surface area contributed by atoms with Crippen molar-refractivity contribution in [2.24, 2.45) is 0 Å². The van der Waals surface area contributed by atoms with Crippen LogP contribution in [0.1, 0.15) is 26.3 Å². The van der Waals surface area contributed by atoms with E-state index >= 15 is 0 Å². The molecule has 2 nitrogen and oxygen atoms in total. The molecule has 1 aromatic carbocycles. The fourth-order valence-corrected chi connectivity index (χ4v) is 0.865. The molecule has 14 heavy (non-hydrogen) atoms. The van der Waals surface area contributed by atoms with Crippen molar-refractivity contribution in [2.75, 3.05) is 6.54 Å². The fraction of sp³-hybridized carbons (Fsp3) is 0.500.